The molecule has 2 aliphatic rings. The van der Waals surface area contributed by atoms with Gasteiger partial charge in [0.1, 0.15) is 0 Å². The van der Waals surface area contributed by atoms with Crippen molar-refractivity contribution in [3.63, 3.8) is 0 Å². The number of allylic oxidation sites excluding steroid dienone is 2. The molecule has 0 saturated heterocycles. The second kappa shape index (κ2) is 15.3. The molecule has 0 saturated carbocycles. The Hall–Kier alpha value is -2.94. The zero-order valence-corrected chi connectivity index (χ0v) is 41.3. The van der Waals surface area contributed by atoms with Crippen molar-refractivity contribution in [2.24, 2.45) is 0 Å². The number of rotatable bonds is 11. The van der Waals surface area contributed by atoms with Crippen LogP contribution in [0.5, 0.6) is 11.5 Å². The number of aryl methyl sites for hydroxylation is 2. The van der Waals surface area contributed by atoms with Crippen LogP contribution in [0.3, 0.4) is 0 Å². The van der Waals surface area contributed by atoms with Crippen LogP contribution in [0.15, 0.2) is 83.9 Å². The topological polar surface area (TPSA) is 18.5 Å². The molecule has 0 spiro atoms. The molecule has 0 aliphatic heterocycles. The summed E-state index contributed by atoms with van der Waals surface area (Å²) in [5.74, 6) is 0.846. The normalized spacial score (nSPS) is 17.8. The number of hydrogen-bond acceptors (Lipinski definition) is 2. The van der Waals surface area contributed by atoms with E-state index >= 15 is 0 Å². The quantitative estimate of drug-likeness (QED) is 0.140. The van der Waals surface area contributed by atoms with Crippen LogP contribution >= 0.6 is 0 Å². The monoisotopic (exact) mass is 845 g/mol. The van der Waals surface area contributed by atoms with Gasteiger partial charge in [-0.2, -0.15) is 0 Å². The van der Waals surface area contributed by atoms with E-state index in [1.165, 1.54) is 66.8 Å². The minimum atomic E-state index is -5.67. The zero-order valence-electron chi connectivity index (χ0n) is 37.7. The van der Waals surface area contributed by atoms with Gasteiger partial charge in [0.15, 0.2) is 0 Å². The Balaban J connectivity index is 1.91. The first-order valence-corrected chi connectivity index (χ1v) is 33.6. The molecule has 299 valence electrons. The summed E-state index contributed by atoms with van der Waals surface area (Å²) in [4.78, 5) is 0. The van der Waals surface area contributed by atoms with E-state index in [9.17, 15) is 0 Å². The predicted molar refractivity (Wildman–Crippen MR) is 243 cm³/mol. The summed E-state index contributed by atoms with van der Waals surface area (Å²) in [5.41, 5.74) is 16.3. The number of hydrogen-bond donors (Lipinski definition) is 0. The first kappa shape index (κ1) is 42.7. The maximum atomic E-state index is 8.78. The molecule has 0 heterocycles. The number of benzene rings is 4. The Kier molecular flexibility index (Phi) is 11.7. The van der Waals surface area contributed by atoms with Crippen LogP contribution in [0, 0.1) is 13.8 Å². The van der Waals surface area contributed by atoms with E-state index in [1.807, 2.05) is 0 Å². The van der Waals surface area contributed by atoms with Crippen molar-refractivity contribution in [3.8, 4) is 11.5 Å². The molecule has 4 aromatic carbocycles. The molecule has 2 nitrogen and oxygen atoms in total. The summed E-state index contributed by atoms with van der Waals surface area (Å²) in [6.07, 6.45) is 7.07. The van der Waals surface area contributed by atoms with E-state index in [0.29, 0.717) is 11.8 Å². The third-order valence-electron chi connectivity index (χ3n) is 13.2. The summed E-state index contributed by atoms with van der Waals surface area (Å²) < 4.78 is 17.6. The average molecular weight is 847 g/mol. The molecule has 0 bridgehead atoms. The fourth-order valence-electron chi connectivity index (χ4n) is 10.4. The fourth-order valence-corrected chi connectivity index (χ4v) is 46.2. The molecule has 4 aromatic rings. The van der Waals surface area contributed by atoms with Gasteiger partial charge in [-0.15, -0.1) is 0 Å². The standard InChI is InChI=1S/2C14H17.2C11H16O.C2H7Si.Zr/c2*1-4-11-8-12-6-5-7-13(10(2)3)14(12)9-11;2*1-8-5-6-10(12)9(7-8)11(2,3)4;1-3-2;/h2*5-10H,4H2,1-3H3;2*5-7,12H,1-4H3;3H,1-2H3;/q;;;;;+2/p-2. The van der Waals surface area contributed by atoms with Gasteiger partial charge >= 0.3 is 346 Å². The van der Waals surface area contributed by atoms with Gasteiger partial charge in [0.25, 0.3) is 0 Å². The first-order chi connectivity index (χ1) is 26.2. The summed E-state index contributed by atoms with van der Waals surface area (Å²) in [6.45, 7) is 37.9. The van der Waals surface area contributed by atoms with Crippen LogP contribution in [0.25, 0.3) is 12.2 Å². The molecule has 0 aromatic heterocycles. The Labute approximate surface area is 344 Å². The van der Waals surface area contributed by atoms with Gasteiger partial charge in [-0.3, -0.25) is 0 Å². The first-order valence-electron chi connectivity index (χ1n) is 21.6. The van der Waals surface area contributed by atoms with Crippen molar-refractivity contribution in [3.05, 3.63) is 140 Å². The van der Waals surface area contributed by atoms with Gasteiger partial charge in [0.2, 0.25) is 0 Å². The van der Waals surface area contributed by atoms with Crippen LogP contribution in [0.4, 0.5) is 0 Å². The Morgan fingerprint density at radius 1 is 0.589 bits per heavy atom. The van der Waals surface area contributed by atoms with Crippen molar-refractivity contribution in [2.75, 3.05) is 0 Å². The van der Waals surface area contributed by atoms with Gasteiger partial charge in [-0.1, -0.05) is 0 Å². The minimum absolute atomic E-state index is 0.0404. The van der Waals surface area contributed by atoms with Crippen molar-refractivity contribution >= 4 is 18.1 Å². The van der Waals surface area contributed by atoms with E-state index in [0.717, 1.165) is 24.3 Å². The Bertz CT molecular complexity index is 2040. The third-order valence-corrected chi connectivity index (χ3v) is 49.8. The van der Waals surface area contributed by atoms with E-state index < -0.39 is 24.7 Å². The van der Waals surface area contributed by atoms with Gasteiger partial charge < -0.3 is 0 Å². The van der Waals surface area contributed by atoms with Gasteiger partial charge in [0.05, 0.1) is 0 Å². The van der Waals surface area contributed by atoms with Crippen molar-refractivity contribution in [1.29, 1.82) is 0 Å². The van der Waals surface area contributed by atoms with Crippen LogP contribution in [0.1, 0.15) is 171 Å². The van der Waals surface area contributed by atoms with Crippen molar-refractivity contribution in [2.45, 2.75) is 153 Å². The fraction of sp³-hybridized carbons (Fsp3) is 0.462. The zero-order chi connectivity index (χ0) is 41.1. The molecule has 0 radical (unpaired) electrons. The predicted octanol–water partition coefficient (Wildman–Crippen LogP) is 15.2. The molecule has 4 heteroatoms. The van der Waals surface area contributed by atoms with E-state index in [2.05, 4.69) is 195 Å². The second-order valence-corrected chi connectivity index (χ2v) is 47.9. The SMILES string of the molecule is CCC1=Cc2c(C(C)C)cccc2[CH]1[Zr]([O]c1ccc(C)cc1C(C)(C)C)([O]c1ccc(C)cc1C(C)(C)C)([CH]1C(CC)=Cc2c(C(C)C)cccc21)[SiH](C)C. The van der Waals surface area contributed by atoms with Crippen LogP contribution in [-0.4, -0.2) is 5.92 Å². The molecule has 2 unspecified atom stereocenters. The average Bonchev–Trinajstić information content (AvgIpc) is 3.71. The molecule has 2 atom stereocenters. The molecule has 2 aliphatic carbocycles. The van der Waals surface area contributed by atoms with Crippen molar-refractivity contribution < 1.29 is 24.4 Å². The van der Waals surface area contributed by atoms with Crippen molar-refractivity contribution in [1.82, 2.24) is 0 Å². The van der Waals surface area contributed by atoms with Crippen LogP contribution < -0.4 is 5.63 Å². The van der Waals surface area contributed by atoms with E-state index in [1.54, 1.807) is 0 Å². The van der Waals surface area contributed by atoms with Gasteiger partial charge in [-0.05, 0) is 0 Å². The van der Waals surface area contributed by atoms with E-state index in [4.69, 9.17) is 5.63 Å². The molecule has 0 N–H and O–H groups in total. The van der Waals surface area contributed by atoms with Crippen LogP contribution in [0.2, 0.25) is 13.1 Å². The Morgan fingerprint density at radius 2 is 0.964 bits per heavy atom. The maximum absolute atomic E-state index is 8.78. The van der Waals surface area contributed by atoms with E-state index in [-0.39, 0.29) is 18.1 Å². The third kappa shape index (κ3) is 7.01. The second-order valence-electron chi connectivity index (χ2n) is 20.2. The van der Waals surface area contributed by atoms with Gasteiger partial charge in [-0.25, -0.2) is 0 Å². The molecule has 56 heavy (non-hydrogen) atoms. The Morgan fingerprint density at radius 3 is 1.27 bits per heavy atom. The van der Waals surface area contributed by atoms with Crippen LogP contribution in [-0.2, 0) is 29.7 Å². The summed E-state index contributed by atoms with van der Waals surface area (Å²) >= 11 is -5.67. The molecule has 6 rings (SSSR count). The summed E-state index contributed by atoms with van der Waals surface area (Å²) in [7, 11) is 0. The molecular weight excluding hydrogens is 776 g/mol. The molecule has 0 amide bonds. The molecular formula is C52H71O2SiZr. The molecule has 0 fully saturated rings. The number of fused-ring (bicyclic) bond motifs is 2. The summed E-state index contributed by atoms with van der Waals surface area (Å²) in [5, 5.41) is 0. The van der Waals surface area contributed by atoms with Gasteiger partial charge in [0, 0.05) is 0 Å². The summed E-state index contributed by atoms with van der Waals surface area (Å²) in [6, 6.07) is 28.2.